The summed E-state index contributed by atoms with van der Waals surface area (Å²) < 4.78 is 5.56. The standard InChI is InChI=1S/C24H23N3O4/c25-20-9-4-5-10-21(20)27-23(29)12-6-11-22(17-13-15-19(28)16-14-17)31-24(30)26-18-7-2-1-3-8-18/h1-10,12-16,22,28H,11,25H2,(H,26,30)(H,27,29)/b12-6+/t22-/m0/s1. The molecule has 7 nitrogen and oxygen atoms in total. The average molecular weight is 417 g/mol. The third-order valence-corrected chi connectivity index (χ3v) is 4.37. The van der Waals surface area contributed by atoms with Crippen LogP contribution in [-0.4, -0.2) is 17.1 Å². The van der Waals surface area contributed by atoms with Gasteiger partial charge in [0.1, 0.15) is 11.9 Å². The fourth-order valence-corrected chi connectivity index (χ4v) is 2.82. The van der Waals surface area contributed by atoms with Crippen LogP contribution in [0.3, 0.4) is 0 Å². The van der Waals surface area contributed by atoms with Crippen molar-refractivity contribution in [1.82, 2.24) is 0 Å². The maximum absolute atomic E-state index is 12.3. The van der Waals surface area contributed by atoms with Crippen molar-refractivity contribution >= 4 is 29.1 Å². The van der Waals surface area contributed by atoms with E-state index in [1.165, 1.54) is 18.2 Å². The van der Waals surface area contributed by atoms with Gasteiger partial charge in [0, 0.05) is 12.1 Å². The van der Waals surface area contributed by atoms with Crippen LogP contribution < -0.4 is 16.4 Å². The summed E-state index contributed by atoms with van der Waals surface area (Å²) in [6.45, 7) is 0. The number of phenolic OH excluding ortho intramolecular Hbond substituents is 1. The molecule has 2 amide bonds. The van der Waals surface area contributed by atoms with Crippen LogP contribution in [0.1, 0.15) is 18.1 Å². The molecule has 0 saturated carbocycles. The number of nitrogens with one attached hydrogen (secondary N) is 2. The van der Waals surface area contributed by atoms with Gasteiger partial charge in [-0.2, -0.15) is 0 Å². The summed E-state index contributed by atoms with van der Waals surface area (Å²) in [5.74, 6) is -0.247. The Morgan fingerprint density at radius 2 is 1.61 bits per heavy atom. The van der Waals surface area contributed by atoms with Crippen molar-refractivity contribution in [2.24, 2.45) is 0 Å². The smallest absolute Gasteiger partial charge is 0.412 e. The number of phenols is 1. The molecule has 0 saturated heterocycles. The van der Waals surface area contributed by atoms with Gasteiger partial charge in [0.2, 0.25) is 5.91 Å². The zero-order valence-corrected chi connectivity index (χ0v) is 16.7. The molecule has 3 aromatic rings. The maximum Gasteiger partial charge on any atom is 0.412 e. The lowest BCUT2D eigenvalue weighted by Crippen LogP contribution is -2.17. The number of anilines is 3. The predicted molar refractivity (Wildman–Crippen MR) is 121 cm³/mol. The molecule has 0 bridgehead atoms. The van der Waals surface area contributed by atoms with Gasteiger partial charge in [0.05, 0.1) is 11.4 Å². The second-order valence-electron chi connectivity index (χ2n) is 6.69. The highest BCUT2D eigenvalue weighted by atomic mass is 16.6. The first-order valence-corrected chi connectivity index (χ1v) is 9.65. The first-order valence-electron chi connectivity index (χ1n) is 9.65. The number of aromatic hydroxyl groups is 1. The molecule has 7 heteroatoms. The molecule has 158 valence electrons. The fraction of sp³-hybridized carbons (Fsp3) is 0.0833. The lowest BCUT2D eigenvalue weighted by atomic mass is 10.1. The summed E-state index contributed by atoms with van der Waals surface area (Å²) in [5, 5.41) is 14.9. The van der Waals surface area contributed by atoms with E-state index in [9.17, 15) is 14.7 Å². The minimum atomic E-state index is -0.657. The van der Waals surface area contributed by atoms with Crippen LogP contribution >= 0.6 is 0 Å². The number of nitrogen functional groups attached to an aromatic ring is 1. The summed E-state index contributed by atoms with van der Waals surface area (Å²) >= 11 is 0. The molecule has 5 N–H and O–H groups in total. The number of amides is 2. The van der Waals surface area contributed by atoms with Gasteiger partial charge >= 0.3 is 6.09 Å². The molecule has 0 spiro atoms. The Bertz CT molecular complexity index is 1050. The van der Waals surface area contributed by atoms with Crippen LogP contribution in [0, 0.1) is 0 Å². The van der Waals surface area contributed by atoms with Crippen LogP contribution in [0.5, 0.6) is 5.75 Å². The first kappa shape index (κ1) is 21.4. The van der Waals surface area contributed by atoms with Crippen molar-refractivity contribution in [1.29, 1.82) is 0 Å². The molecular weight excluding hydrogens is 394 g/mol. The number of hydrogen-bond donors (Lipinski definition) is 4. The van der Waals surface area contributed by atoms with Gasteiger partial charge in [-0.25, -0.2) is 4.79 Å². The average Bonchev–Trinajstić information content (AvgIpc) is 2.76. The highest BCUT2D eigenvalue weighted by Crippen LogP contribution is 2.25. The van der Waals surface area contributed by atoms with Gasteiger partial charge in [0.25, 0.3) is 0 Å². The van der Waals surface area contributed by atoms with Gasteiger partial charge in [-0.15, -0.1) is 0 Å². The van der Waals surface area contributed by atoms with Crippen molar-refractivity contribution < 1.29 is 19.4 Å². The molecule has 0 aliphatic rings. The molecule has 0 aliphatic heterocycles. The van der Waals surface area contributed by atoms with Crippen LogP contribution in [-0.2, 0) is 9.53 Å². The second-order valence-corrected chi connectivity index (χ2v) is 6.69. The number of carbonyl (C=O) groups excluding carboxylic acids is 2. The number of ether oxygens (including phenoxy) is 1. The monoisotopic (exact) mass is 417 g/mol. The third kappa shape index (κ3) is 6.64. The molecular formula is C24H23N3O4. The van der Waals surface area contributed by atoms with Gasteiger partial charge in [0.15, 0.2) is 0 Å². The topological polar surface area (TPSA) is 114 Å². The molecule has 0 fully saturated rings. The summed E-state index contributed by atoms with van der Waals surface area (Å²) in [5.41, 5.74) is 8.10. The van der Waals surface area contributed by atoms with Crippen LogP contribution in [0.2, 0.25) is 0 Å². The Labute approximate surface area is 180 Å². The van der Waals surface area contributed by atoms with Gasteiger partial charge < -0.3 is 20.9 Å². The number of hydrogen-bond acceptors (Lipinski definition) is 5. The van der Waals surface area contributed by atoms with Crippen LogP contribution in [0.15, 0.2) is 91.0 Å². The van der Waals surface area contributed by atoms with E-state index in [0.29, 0.717) is 22.6 Å². The lowest BCUT2D eigenvalue weighted by Gasteiger charge is -2.17. The molecule has 1 atom stereocenters. The Hall–Kier alpha value is -4.26. The molecule has 0 unspecified atom stereocenters. The van der Waals surface area contributed by atoms with E-state index in [1.807, 2.05) is 6.07 Å². The molecule has 3 rings (SSSR count). The number of rotatable bonds is 7. The van der Waals surface area contributed by atoms with E-state index in [4.69, 9.17) is 10.5 Å². The minimum absolute atomic E-state index is 0.103. The van der Waals surface area contributed by atoms with Crippen molar-refractivity contribution in [3.05, 3.63) is 96.6 Å². The molecule has 3 aromatic carbocycles. The van der Waals surface area contributed by atoms with Gasteiger partial charge in [-0.3, -0.25) is 10.1 Å². The van der Waals surface area contributed by atoms with Crippen molar-refractivity contribution in [2.45, 2.75) is 12.5 Å². The fourth-order valence-electron chi connectivity index (χ4n) is 2.82. The van der Waals surface area contributed by atoms with Crippen molar-refractivity contribution in [3.8, 4) is 5.75 Å². The van der Waals surface area contributed by atoms with Crippen molar-refractivity contribution in [2.75, 3.05) is 16.4 Å². The third-order valence-electron chi connectivity index (χ3n) is 4.37. The van der Waals surface area contributed by atoms with E-state index in [2.05, 4.69) is 10.6 Å². The van der Waals surface area contributed by atoms with Gasteiger partial charge in [-0.1, -0.05) is 48.5 Å². The number of nitrogens with two attached hydrogens (primary N) is 1. The van der Waals surface area contributed by atoms with Crippen molar-refractivity contribution in [3.63, 3.8) is 0 Å². The summed E-state index contributed by atoms with van der Waals surface area (Å²) in [6.07, 6.45) is 1.94. The van der Waals surface area contributed by atoms with E-state index >= 15 is 0 Å². The van der Waals surface area contributed by atoms with E-state index in [-0.39, 0.29) is 18.1 Å². The quantitative estimate of drug-likeness (QED) is 0.324. The van der Waals surface area contributed by atoms with Crippen LogP contribution in [0.4, 0.5) is 21.9 Å². The number of carbonyl (C=O) groups is 2. The van der Waals surface area contributed by atoms with Gasteiger partial charge in [-0.05, 0) is 48.0 Å². The normalized spacial score (nSPS) is 11.6. The lowest BCUT2D eigenvalue weighted by molar-refractivity contribution is -0.111. The highest BCUT2D eigenvalue weighted by molar-refractivity contribution is 6.01. The molecule has 31 heavy (non-hydrogen) atoms. The largest absolute Gasteiger partial charge is 0.508 e. The highest BCUT2D eigenvalue weighted by Gasteiger charge is 2.16. The zero-order valence-electron chi connectivity index (χ0n) is 16.7. The van der Waals surface area contributed by atoms with E-state index in [0.717, 1.165) is 0 Å². The molecule has 0 radical (unpaired) electrons. The minimum Gasteiger partial charge on any atom is -0.508 e. The molecule has 0 aromatic heterocycles. The van der Waals surface area contributed by atoms with Crippen LogP contribution in [0.25, 0.3) is 0 Å². The number of benzene rings is 3. The zero-order chi connectivity index (χ0) is 22.1. The van der Waals surface area contributed by atoms with E-state index in [1.54, 1.807) is 66.7 Å². The predicted octanol–water partition coefficient (Wildman–Crippen LogP) is 4.85. The summed E-state index contributed by atoms with van der Waals surface area (Å²) in [6, 6.07) is 22.2. The molecule has 0 heterocycles. The second kappa shape index (κ2) is 10.5. The Morgan fingerprint density at radius 3 is 2.32 bits per heavy atom. The SMILES string of the molecule is Nc1ccccc1NC(=O)/C=C/C[C@H](OC(=O)Nc1ccccc1)c1ccc(O)cc1. The number of para-hydroxylation sites is 3. The summed E-state index contributed by atoms with van der Waals surface area (Å²) in [7, 11) is 0. The molecule has 0 aliphatic carbocycles. The maximum atomic E-state index is 12.3. The summed E-state index contributed by atoms with van der Waals surface area (Å²) in [4.78, 5) is 24.5. The first-order chi connectivity index (χ1) is 15.0. The Kier molecular flexibility index (Phi) is 7.26. The van der Waals surface area contributed by atoms with E-state index < -0.39 is 12.2 Å². The Morgan fingerprint density at radius 1 is 0.935 bits per heavy atom. The Balaban J connectivity index is 1.65.